The second-order valence-corrected chi connectivity index (χ2v) is 5.00. The van der Waals surface area contributed by atoms with E-state index < -0.39 is 0 Å². The number of hydrogen-bond acceptors (Lipinski definition) is 2. The van der Waals surface area contributed by atoms with E-state index in [0.29, 0.717) is 21.3 Å². The van der Waals surface area contributed by atoms with E-state index in [1.54, 1.807) is 42.5 Å². The van der Waals surface area contributed by atoms with Crippen molar-refractivity contribution in [3.8, 4) is 6.07 Å². The number of anilines is 1. The molecular weight excluding hydrogens is 295 g/mol. The van der Waals surface area contributed by atoms with Gasteiger partial charge in [0.05, 0.1) is 17.0 Å². The normalized spacial score (nSPS) is 9.85. The molecule has 2 rings (SSSR count). The Morgan fingerprint density at radius 1 is 1.15 bits per heavy atom. The van der Waals surface area contributed by atoms with Crippen LogP contribution >= 0.6 is 23.2 Å². The van der Waals surface area contributed by atoms with Crippen LogP contribution in [0.3, 0.4) is 0 Å². The second-order valence-electron chi connectivity index (χ2n) is 4.16. The maximum atomic E-state index is 11.9. The Morgan fingerprint density at radius 3 is 2.45 bits per heavy atom. The first kappa shape index (κ1) is 14.4. The molecule has 2 aromatic carbocycles. The smallest absolute Gasteiger partial charge is 0.228 e. The van der Waals surface area contributed by atoms with Crippen LogP contribution in [0.1, 0.15) is 11.1 Å². The zero-order valence-electron chi connectivity index (χ0n) is 10.4. The number of hydrogen-bond donors (Lipinski definition) is 1. The minimum absolute atomic E-state index is 0.159. The van der Waals surface area contributed by atoms with Gasteiger partial charge in [0.2, 0.25) is 5.91 Å². The topological polar surface area (TPSA) is 52.9 Å². The molecule has 100 valence electrons. The van der Waals surface area contributed by atoms with Crippen molar-refractivity contribution in [3.05, 3.63) is 63.6 Å². The number of nitrogens with one attached hydrogen (secondary N) is 1. The Hall–Kier alpha value is -2.02. The fraction of sp³-hybridized carbons (Fsp3) is 0.0667. The van der Waals surface area contributed by atoms with Crippen molar-refractivity contribution < 1.29 is 4.79 Å². The number of benzene rings is 2. The van der Waals surface area contributed by atoms with Gasteiger partial charge in [-0.3, -0.25) is 4.79 Å². The van der Waals surface area contributed by atoms with E-state index in [-0.39, 0.29) is 12.3 Å². The van der Waals surface area contributed by atoms with Crippen LogP contribution in [0.5, 0.6) is 0 Å². The minimum Gasteiger partial charge on any atom is -0.326 e. The van der Waals surface area contributed by atoms with Crippen molar-refractivity contribution in [2.75, 3.05) is 5.32 Å². The van der Waals surface area contributed by atoms with E-state index in [1.165, 1.54) is 0 Å². The van der Waals surface area contributed by atoms with Gasteiger partial charge >= 0.3 is 0 Å². The molecule has 5 heteroatoms. The van der Waals surface area contributed by atoms with E-state index in [0.717, 1.165) is 5.56 Å². The van der Waals surface area contributed by atoms with Gasteiger partial charge in [-0.2, -0.15) is 5.26 Å². The number of carbonyl (C=O) groups is 1. The lowest BCUT2D eigenvalue weighted by molar-refractivity contribution is -0.115. The van der Waals surface area contributed by atoms with Crippen LogP contribution in [0.15, 0.2) is 42.5 Å². The third-order valence-corrected chi connectivity index (χ3v) is 3.22. The molecule has 0 fully saturated rings. The lowest BCUT2D eigenvalue weighted by atomic mass is 10.1. The van der Waals surface area contributed by atoms with Crippen LogP contribution < -0.4 is 5.32 Å². The fourth-order valence-corrected chi connectivity index (χ4v) is 2.03. The number of halogens is 2. The maximum absolute atomic E-state index is 11.9. The van der Waals surface area contributed by atoms with Crippen LogP contribution in [-0.4, -0.2) is 5.91 Å². The SMILES string of the molecule is N#Cc1ccc(NC(=O)Cc2ccc(Cl)cc2)cc1Cl. The molecule has 2 aromatic rings. The van der Waals surface area contributed by atoms with Gasteiger partial charge in [0, 0.05) is 10.7 Å². The molecule has 3 nitrogen and oxygen atoms in total. The standard InChI is InChI=1S/C15H10Cl2N2O/c16-12-4-1-10(2-5-12)7-15(20)19-13-6-3-11(9-18)14(17)8-13/h1-6,8H,7H2,(H,19,20). The molecular formula is C15H10Cl2N2O. The summed E-state index contributed by atoms with van der Waals surface area (Å²) in [6, 6.07) is 13.8. The van der Waals surface area contributed by atoms with Gasteiger partial charge < -0.3 is 5.32 Å². The molecule has 0 heterocycles. The second kappa shape index (κ2) is 6.42. The largest absolute Gasteiger partial charge is 0.326 e. The molecule has 0 atom stereocenters. The predicted octanol–water partition coefficient (Wildman–Crippen LogP) is 4.05. The van der Waals surface area contributed by atoms with Crippen LogP contribution in [0, 0.1) is 11.3 Å². The zero-order chi connectivity index (χ0) is 14.5. The number of amides is 1. The average Bonchev–Trinajstić information content (AvgIpc) is 2.41. The van der Waals surface area contributed by atoms with Gasteiger partial charge in [-0.05, 0) is 35.9 Å². The maximum Gasteiger partial charge on any atom is 0.228 e. The van der Waals surface area contributed by atoms with Crippen LogP contribution in [-0.2, 0) is 11.2 Å². The third-order valence-electron chi connectivity index (χ3n) is 2.65. The lowest BCUT2D eigenvalue weighted by Crippen LogP contribution is -2.14. The van der Waals surface area contributed by atoms with Gasteiger partial charge in [-0.15, -0.1) is 0 Å². The van der Waals surface area contributed by atoms with Crippen LogP contribution in [0.2, 0.25) is 10.0 Å². The summed E-state index contributed by atoms with van der Waals surface area (Å²) in [5, 5.41) is 12.5. The summed E-state index contributed by atoms with van der Waals surface area (Å²) in [5.74, 6) is -0.159. The van der Waals surface area contributed by atoms with E-state index in [4.69, 9.17) is 28.5 Å². The highest BCUT2D eigenvalue weighted by Gasteiger charge is 2.06. The molecule has 20 heavy (non-hydrogen) atoms. The summed E-state index contributed by atoms with van der Waals surface area (Å²) in [6.07, 6.45) is 0.245. The van der Waals surface area contributed by atoms with Gasteiger partial charge in [-0.1, -0.05) is 35.3 Å². The first-order valence-corrected chi connectivity index (χ1v) is 6.58. The molecule has 0 bridgehead atoms. The summed E-state index contributed by atoms with van der Waals surface area (Å²) in [6.45, 7) is 0. The van der Waals surface area contributed by atoms with Crippen molar-refractivity contribution in [2.24, 2.45) is 0 Å². The summed E-state index contributed by atoms with van der Waals surface area (Å²) < 4.78 is 0. The number of nitrogens with zero attached hydrogens (tertiary/aromatic N) is 1. The summed E-state index contributed by atoms with van der Waals surface area (Å²) in [7, 11) is 0. The molecule has 0 aromatic heterocycles. The third kappa shape index (κ3) is 3.74. The Morgan fingerprint density at radius 2 is 1.85 bits per heavy atom. The first-order valence-electron chi connectivity index (χ1n) is 5.82. The molecule has 0 spiro atoms. The van der Waals surface area contributed by atoms with Crippen LogP contribution in [0.4, 0.5) is 5.69 Å². The van der Waals surface area contributed by atoms with Crippen LogP contribution in [0.25, 0.3) is 0 Å². The average molecular weight is 305 g/mol. The van der Waals surface area contributed by atoms with Gasteiger partial charge in [0.15, 0.2) is 0 Å². The van der Waals surface area contributed by atoms with Gasteiger partial charge in [-0.25, -0.2) is 0 Å². The van der Waals surface area contributed by atoms with Crippen molar-refractivity contribution in [1.82, 2.24) is 0 Å². The molecule has 0 radical (unpaired) electrons. The van der Waals surface area contributed by atoms with E-state index >= 15 is 0 Å². The molecule has 0 unspecified atom stereocenters. The Kier molecular flexibility index (Phi) is 4.62. The summed E-state index contributed by atoms with van der Waals surface area (Å²) in [4.78, 5) is 11.9. The molecule has 0 aliphatic carbocycles. The quantitative estimate of drug-likeness (QED) is 0.930. The first-order chi connectivity index (χ1) is 9.58. The highest BCUT2D eigenvalue weighted by molar-refractivity contribution is 6.32. The van der Waals surface area contributed by atoms with E-state index in [1.807, 2.05) is 6.07 Å². The molecule has 0 aliphatic rings. The van der Waals surface area contributed by atoms with Crippen molar-refractivity contribution >= 4 is 34.8 Å². The molecule has 0 saturated heterocycles. The molecule has 1 N–H and O–H groups in total. The molecule has 0 saturated carbocycles. The molecule has 1 amide bonds. The summed E-state index contributed by atoms with van der Waals surface area (Å²) in [5.41, 5.74) is 1.81. The van der Waals surface area contributed by atoms with Gasteiger partial charge in [0.1, 0.15) is 6.07 Å². The Bertz CT molecular complexity index is 675. The molecule has 0 aliphatic heterocycles. The van der Waals surface area contributed by atoms with Gasteiger partial charge in [0.25, 0.3) is 0 Å². The highest BCUT2D eigenvalue weighted by atomic mass is 35.5. The summed E-state index contributed by atoms with van der Waals surface area (Å²) >= 11 is 11.7. The minimum atomic E-state index is -0.159. The van der Waals surface area contributed by atoms with Crippen molar-refractivity contribution in [2.45, 2.75) is 6.42 Å². The Balaban J connectivity index is 2.03. The number of carbonyl (C=O) groups excluding carboxylic acids is 1. The van der Waals surface area contributed by atoms with Crippen molar-refractivity contribution in [3.63, 3.8) is 0 Å². The predicted molar refractivity (Wildman–Crippen MR) is 80.0 cm³/mol. The monoisotopic (exact) mass is 304 g/mol. The van der Waals surface area contributed by atoms with Crippen molar-refractivity contribution in [1.29, 1.82) is 5.26 Å². The van der Waals surface area contributed by atoms with E-state index in [2.05, 4.69) is 5.32 Å². The lowest BCUT2D eigenvalue weighted by Gasteiger charge is -2.06. The zero-order valence-corrected chi connectivity index (χ0v) is 11.9. The Labute approximate surface area is 126 Å². The fourth-order valence-electron chi connectivity index (χ4n) is 1.68. The van der Waals surface area contributed by atoms with E-state index in [9.17, 15) is 4.79 Å². The number of rotatable bonds is 3. The highest BCUT2D eigenvalue weighted by Crippen LogP contribution is 2.20. The number of nitriles is 1.